The van der Waals surface area contributed by atoms with E-state index in [1.807, 2.05) is 0 Å². The summed E-state index contributed by atoms with van der Waals surface area (Å²) in [5, 5.41) is 3.35. The lowest BCUT2D eigenvalue weighted by Crippen LogP contribution is -2.40. The fraction of sp³-hybridized carbons (Fsp3) is 0.900. The smallest absolute Gasteiger partial charge is 0.194 e. The number of aliphatic imine (C=N–C) groups is 1. The van der Waals surface area contributed by atoms with Crippen LogP contribution >= 0.6 is 0 Å². The quantitative estimate of drug-likeness (QED) is 0.608. The number of nitrogens with one attached hydrogen (secondary N) is 1. The Hall–Kier alpha value is -0.730. The molecule has 3 nitrogen and oxygen atoms in total. The van der Waals surface area contributed by atoms with E-state index in [0.717, 1.165) is 19.0 Å². The lowest BCUT2D eigenvalue weighted by atomic mass is 10.1. The molecule has 0 saturated carbocycles. The van der Waals surface area contributed by atoms with Gasteiger partial charge in [0.2, 0.25) is 0 Å². The molecule has 2 rings (SSSR count). The van der Waals surface area contributed by atoms with Gasteiger partial charge in [0.05, 0.1) is 6.54 Å². The van der Waals surface area contributed by atoms with Crippen molar-refractivity contribution in [3.8, 4) is 0 Å². The molecule has 0 atom stereocenters. The van der Waals surface area contributed by atoms with Gasteiger partial charge in [0, 0.05) is 19.6 Å². The largest absolute Gasteiger partial charge is 0.354 e. The van der Waals surface area contributed by atoms with Crippen LogP contribution in [0, 0.1) is 0 Å². The number of likely N-dealkylation sites (tertiary alicyclic amines) is 1. The summed E-state index contributed by atoms with van der Waals surface area (Å²) in [6.45, 7) is 4.40. The highest BCUT2D eigenvalue weighted by Crippen LogP contribution is 2.11. The fourth-order valence-electron chi connectivity index (χ4n) is 2.06. The van der Waals surface area contributed by atoms with Crippen LogP contribution in [0.4, 0.5) is 0 Å². The Morgan fingerprint density at radius 3 is 2.31 bits per heavy atom. The van der Waals surface area contributed by atoms with Crippen molar-refractivity contribution in [1.29, 1.82) is 0 Å². The summed E-state index contributed by atoms with van der Waals surface area (Å²) in [5.74, 6) is 1.15. The van der Waals surface area contributed by atoms with Crippen LogP contribution in [0.2, 0.25) is 0 Å². The molecule has 0 aliphatic carbocycles. The van der Waals surface area contributed by atoms with Gasteiger partial charge in [0.1, 0.15) is 0 Å². The average molecular weight is 181 g/mol. The SMILES string of the molecule is C1CCCN(C2=NCCN2)CCC1. The number of hydrogen-bond acceptors (Lipinski definition) is 3. The van der Waals surface area contributed by atoms with Gasteiger partial charge in [-0.2, -0.15) is 0 Å². The van der Waals surface area contributed by atoms with E-state index in [1.165, 1.54) is 45.2 Å². The Morgan fingerprint density at radius 2 is 1.69 bits per heavy atom. The molecule has 2 aliphatic heterocycles. The molecule has 3 heteroatoms. The predicted octanol–water partition coefficient (Wildman–Crippen LogP) is 1.21. The Labute approximate surface area is 80.2 Å². The molecule has 0 aromatic carbocycles. The van der Waals surface area contributed by atoms with Gasteiger partial charge in [-0.15, -0.1) is 0 Å². The summed E-state index contributed by atoms with van der Waals surface area (Å²) >= 11 is 0. The van der Waals surface area contributed by atoms with E-state index >= 15 is 0 Å². The third-order valence-corrected chi connectivity index (χ3v) is 2.81. The molecule has 1 N–H and O–H groups in total. The number of hydrogen-bond donors (Lipinski definition) is 1. The van der Waals surface area contributed by atoms with Gasteiger partial charge >= 0.3 is 0 Å². The molecule has 0 bridgehead atoms. The van der Waals surface area contributed by atoms with Crippen LogP contribution in [0.15, 0.2) is 4.99 Å². The second kappa shape index (κ2) is 4.49. The molecule has 0 amide bonds. The predicted molar refractivity (Wildman–Crippen MR) is 55.0 cm³/mol. The molecule has 74 valence electrons. The zero-order valence-electron chi connectivity index (χ0n) is 8.26. The van der Waals surface area contributed by atoms with Gasteiger partial charge in [-0.1, -0.05) is 19.3 Å². The van der Waals surface area contributed by atoms with Gasteiger partial charge < -0.3 is 10.2 Å². The number of nitrogens with zero attached hydrogens (tertiary/aromatic N) is 2. The fourth-order valence-corrected chi connectivity index (χ4v) is 2.06. The van der Waals surface area contributed by atoms with Crippen molar-refractivity contribution in [3.05, 3.63) is 0 Å². The lowest BCUT2D eigenvalue weighted by Gasteiger charge is -2.26. The number of rotatable bonds is 0. The average Bonchev–Trinajstić information content (AvgIpc) is 2.55. The van der Waals surface area contributed by atoms with Crippen LogP contribution in [-0.4, -0.2) is 37.0 Å². The van der Waals surface area contributed by atoms with Gasteiger partial charge in [0.25, 0.3) is 0 Å². The zero-order chi connectivity index (χ0) is 8.93. The summed E-state index contributed by atoms with van der Waals surface area (Å²) in [6.07, 6.45) is 6.88. The zero-order valence-corrected chi connectivity index (χ0v) is 8.26. The van der Waals surface area contributed by atoms with Crippen LogP contribution < -0.4 is 5.32 Å². The molecule has 0 aromatic rings. The van der Waals surface area contributed by atoms with Crippen molar-refractivity contribution in [3.63, 3.8) is 0 Å². The molecular formula is C10H19N3. The maximum Gasteiger partial charge on any atom is 0.194 e. The van der Waals surface area contributed by atoms with E-state index in [4.69, 9.17) is 0 Å². The molecule has 0 aromatic heterocycles. The molecule has 13 heavy (non-hydrogen) atoms. The maximum atomic E-state index is 4.46. The first-order valence-corrected chi connectivity index (χ1v) is 5.50. The summed E-state index contributed by atoms with van der Waals surface area (Å²) in [5.41, 5.74) is 0. The van der Waals surface area contributed by atoms with E-state index in [9.17, 15) is 0 Å². The highest BCUT2D eigenvalue weighted by Gasteiger charge is 2.14. The summed E-state index contributed by atoms with van der Waals surface area (Å²) in [6, 6.07) is 0. The van der Waals surface area contributed by atoms with Crippen LogP contribution in [0.25, 0.3) is 0 Å². The normalized spacial score (nSPS) is 24.6. The lowest BCUT2D eigenvalue weighted by molar-refractivity contribution is 0.355. The van der Waals surface area contributed by atoms with Crippen LogP contribution in [0.1, 0.15) is 32.1 Å². The Bertz CT molecular complexity index is 181. The van der Waals surface area contributed by atoms with Crippen molar-refractivity contribution < 1.29 is 0 Å². The summed E-state index contributed by atoms with van der Waals surface area (Å²) in [7, 11) is 0. The maximum absolute atomic E-state index is 4.46. The van der Waals surface area contributed by atoms with Gasteiger partial charge in [-0.3, -0.25) is 4.99 Å². The molecule has 0 radical (unpaired) electrons. The van der Waals surface area contributed by atoms with Gasteiger partial charge in [-0.05, 0) is 12.8 Å². The van der Waals surface area contributed by atoms with Crippen molar-refractivity contribution in [2.45, 2.75) is 32.1 Å². The standard InChI is InChI=1S/C10H19N3/c1-2-4-8-13(9-5-3-1)10-11-6-7-12-10/h1-9H2,(H,11,12). The molecule has 0 spiro atoms. The van der Waals surface area contributed by atoms with Gasteiger partial charge in [0.15, 0.2) is 5.96 Å². The highest BCUT2D eigenvalue weighted by atomic mass is 15.3. The topological polar surface area (TPSA) is 27.6 Å². The minimum atomic E-state index is 0.964. The van der Waals surface area contributed by atoms with Crippen LogP contribution in [0.5, 0.6) is 0 Å². The minimum Gasteiger partial charge on any atom is -0.354 e. The first-order chi connectivity index (χ1) is 6.47. The molecule has 1 saturated heterocycles. The molecule has 1 fully saturated rings. The third-order valence-electron chi connectivity index (χ3n) is 2.81. The van der Waals surface area contributed by atoms with E-state index in [2.05, 4.69) is 15.2 Å². The third kappa shape index (κ3) is 2.36. The van der Waals surface area contributed by atoms with Crippen LogP contribution in [-0.2, 0) is 0 Å². The Morgan fingerprint density at radius 1 is 1.00 bits per heavy atom. The van der Waals surface area contributed by atoms with Crippen molar-refractivity contribution in [2.24, 2.45) is 4.99 Å². The molecule has 2 heterocycles. The minimum absolute atomic E-state index is 0.964. The highest BCUT2D eigenvalue weighted by molar-refractivity contribution is 5.81. The molecule has 2 aliphatic rings. The Kier molecular flexibility index (Phi) is 3.06. The van der Waals surface area contributed by atoms with Crippen molar-refractivity contribution in [1.82, 2.24) is 10.2 Å². The number of guanidine groups is 1. The second-order valence-electron chi connectivity index (χ2n) is 3.89. The molecule has 0 unspecified atom stereocenters. The van der Waals surface area contributed by atoms with Crippen molar-refractivity contribution >= 4 is 5.96 Å². The van der Waals surface area contributed by atoms with Gasteiger partial charge in [-0.25, -0.2) is 0 Å². The molecular weight excluding hydrogens is 162 g/mol. The van der Waals surface area contributed by atoms with Crippen molar-refractivity contribution in [2.75, 3.05) is 26.2 Å². The van der Waals surface area contributed by atoms with E-state index in [1.54, 1.807) is 0 Å². The second-order valence-corrected chi connectivity index (χ2v) is 3.89. The first kappa shape index (κ1) is 8.85. The van der Waals surface area contributed by atoms with E-state index in [0.29, 0.717) is 0 Å². The monoisotopic (exact) mass is 181 g/mol. The Balaban J connectivity index is 1.87. The summed E-state index contributed by atoms with van der Waals surface area (Å²) in [4.78, 5) is 6.89. The van der Waals surface area contributed by atoms with E-state index in [-0.39, 0.29) is 0 Å². The summed E-state index contributed by atoms with van der Waals surface area (Å²) < 4.78 is 0. The van der Waals surface area contributed by atoms with Crippen LogP contribution in [0.3, 0.4) is 0 Å². The van der Waals surface area contributed by atoms with E-state index < -0.39 is 0 Å². The first-order valence-electron chi connectivity index (χ1n) is 5.50.